The number of carboxylic acid groups (broad SMARTS) is 1. The minimum Gasteiger partial charge on any atom is -0.480 e. The summed E-state index contributed by atoms with van der Waals surface area (Å²) in [5.74, 6) is -1.48. The van der Waals surface area contributed by atoms with E-state index in [1.807, 2.05) is 6.92 Å². The number of aliphatic carboxylic acids is 1. The number of amides is 1. The number of carboxylic acids is 1. The molecule has 1 heterocycles. The number of nitrogens with zero attached hydrogens (tertiary/aromatic N) is 2. The Morgan fingerprint density at radius 1 is 1.00 bits per heavy atom. The van der Waals surface area contributed by atoms with Crippen LogP contribution in [0.15, 0.2) is 52.1 Å². The van der Waals surface area contributed by atoms with Crippen LogP contribution in [0.3, 0.4) is 0 Å². The van der Waals surface area contributed by atoms with Crippen LogP contribution in [0.1, 0.15) is 34.8 Å². The second kappa shape index (κ2) is 12.3. The van der Waals surface area contributed by atoms with Crippen molar-refractivity contribution in [3.63, 3.8) is 0 Å². The normalized spacial score (nSPS) is 11.5. The molecular weight excluding hydrogens is 512 g/mol. The number of nitrogens with one attached hydrogen (secondary N) is 4. The minimum atomic E-state index is -1.21. The van der Waals surface area contributed by atoms with E-state index in [2.05, 4.69) is 21.5 Å². The van der Waals surface area contributed by atoms with Gasteiger partial charge in [-0.25, -0.2) is 9.59 Å². The first-order valence-corrected chi connectivity index (χ1v) is 12.4. The molecule has 1 aromatic heterocycles. The number of benzene rings is 2. The number of aromatic nitrogens is 2. The van der Waals surface area contributed by atoms with E-state index in [1.165, 1.54) is 11.7 Å². The lowest BCUT2D eigenvalue weighted by molar-refractivity contribution is -0.139. The van der Waals surface area contributed by atoms with Crippen LogP contribution in [0.25, 0.3) is 11.1 Å². The van der Waals surface area contributed by atoms with E-state index in [4.69, 9.17) is 11.6 Å². The summed E-state index contributed by atoms with van der Waals surface area (Å²) in [6.07, 6.45) is 1.44. The van der Waals surface area contributed by atoms with E-state index in [0.29, 0.717) is 17.5 Å². The highest BCUT2D eigenvalue weighted by molar-refractivity contribution is 6.34. The summed E-state index contributed by atoms with van der Waals surface area (Å²) in [5.41, 5.74) is 6.56. The Hall–Kier alpha value is -4.25. The number of rotatable bonds is 11. The van der Waals surface area contributed by atoms with Crippen molar-refractivity contribution in [2.75, 3.05) is 37.3 Å². The zero-order valence-corrected chi connectivity index (χ0v) is 22.3. The molecule has 0 spiro atoms. The fourth-order valence-corrected chi connectivity index (χ4v) is 4.56. The summed E-state index contributed by atoms with van der Waals surface area (Å²) < 4.78 is 2.07. The molecule has 0 bridgehead atoms. The Kier molecular flexibility index (Phi) is 9.19. The van der Waals surface area contributed by atoms with Gasteiger partial charge in [0, 0.05) is 27.6 Å². The number of anilines is 1. The summed E-state index contributed by atoms with van der Waals surface area (Å²) in [4.78, 5) is 50.7. The van der Waals surface area contributed by atoms with Crippen molar-refractivity contribution >= 4 is 29.3 Å². The quantitative estimate of drug-likeness (QED) is 0.247. The molecule has 11 nitrogen and oxygen atoms in total. The maximum Gasteiger partial charge on any atom is 0.370 e. The average Bonchev–Trinajstić information content (AvgIpc) is 2.89. The van der Waals surface area contributed by atoms with Gasteiger partial charge in [0.05, 0.1) is 16.1 Å². The van der Waals surface area contributed by atoms with Gasteiger partial charge in [0.15, 0.2) is 0 Å². The maximum atomic E-state index is 13.1. The van der Waals surface area contributed by atoms with Crippen LogP contribution < -0.4 is 32.7 Å². The summed E-state index contributed by atoms with van der Waals surface area (Å²) >= 11 is 6.28. The molecule has 0 saturated heterocycles. The molecule has 5 N–H and O–H groups in total. The molecule has 0 aliphatic heterocycles. The number of hydrogen-bond donors (Lipinski definition) is 5. The molecular formula is C26H31ClN6O5. The van der Waals surface area contributed by atoms with Crippen LogP contribution in [-0.2, 0) is 17.6 Å². The van der Waals surface area contributed by atoms with Gasteiger partial charge >= 0.3 is 11.7 Å². The average molecular weight is 543 g/mol. The largest absolute Gasteiger partial charge is 0.480 e. The molecule has 0 saturated carbocycles. The molecule has 0 fully saturated rings. The molecule has 0 radical (unpaired) electrons. The number of aryl methyl sites for hydroxylation is 1. The molecule has 3 rings (SSSR count). The number of hydrogen-bond acceptors (Lipinski definition) is 7. The van der Waals surface area contributed by atoms with Crippen molar-refractivity contribution in [2.45, 2.75) is 32.2 Å². The topological polar surface area (TPSA) is 146 Å². The van der Waals surface area contributed by atoms with Gasteiger partial charge in [-0.1, -0.05) is 61.3 Å². The standard InChI is InChI=1S/C26H31ClN6O5/c1-5-7-16-8-6-9-18(27)20(16)23(34)31-19(25(36)37)14-15-10-12-17(13-11-15)21-22(28-2)32(29-3)26(38)33(30-4)24(21)35/h6,8-13,19,28-30H,5,7,14H2,1-4H3,(H,31,34)(H,36,37)/t19-/m0/s1. The highest BCUT2D eigenvalue weighted by atomic mass is 35.5. The Balaban J connectivity index is 1.92. The third-order valence-corrected chi connectivity index (χ3v) is 6.39. The zero-order valence-electron chi connectivity index (χ0n) is 21.6. The second-order valence-corrected chi connectivity index (χ2v) is 8.88. The molecule has 202 valence electrons. The highest BCUT2D eigenvalue weighted by Crippen LogP contribution is 2.24. The highest BCUT2D eigenvalue weighted by Gasteiger charge is 2.24. The monoisotopic (exact) mass is 542 g/mol. The molecule has 3 aromatic rings. The van der Waals surface area contributed by atoms with Gasteiger partial charge in [0.2, 0.25) is 0 Å². The van der Waals surface area contributed by atoms with E-state index < -0.39 is 29.2 Å². The fourth-order valence-electron chi connectivity index (χ4n) is 4.28. The van der Waals surface area contributed by atoms with Crippen molar-refractivity contribution < 1.29 is 14.7 Å². The summed E-state index contributed by atoms with van der Waals surface area (Å²) in [5, 5.41) is 15.5. The van der Waals surface area contributed by atoms with Crippen molar-refractivity contribution in [1.29, 1.82) is 0 Å². The minimum absolute atomic E-state index is 0.00453. The van der Waals surface area contributed by atoms with Crippen molar-refractivity contribution in [1.82, 2.24) is 14.7 Å². The molecule has 1 amide bonds. The number of carbonyl (C=O) groups is 2. The lowest BCUT2D eigenvalue weighted by atomic mass is 9.99. The Morgan fingerprint density at radius 3 is 2.21 bits per heavy atom. The van der Waals surface area contributed by atoms with Crippen LogP contribution in [0.5, 0.6) is 0 Å². The molecule has 1 atom stereocenters. The third-order valence-electron chi connectivity index (χ3n) is 6.08. The van der Waals surface area contributed by atoms with Gasteiger partial charge in [0.25, 0.3) is 11.5 Å². The smallest absolute Gasteiger partial charge is 0.370 e. The predicted molar refractivity (Wildman–Crippen MR) is 149 cm³/mol. The van der Waals surface area contributed by atoms with Crippen LogP contribution >= 0.6 is 11.6 Å². The van der Waals surface area contributed by atoms with Gasteiger partial charge in [0.1, 0.15) is 11.9 Å². The summed E-state index contributed by atoms with van der Waals surface area (Å²) in [6.45, 7) is 1.98. The molecule has 12 heteroatoms. The zero-order chi connectivity index (χ0) is 28.0. The van der Waals surface area contributed by atoms with Gasteiger partial charge in [-0.05, 0) is 29.2 Å². The first-order chi connectivity index (χ1) is 18.2. The predicted octanol–water partition coefficient (Wildman–Crippen LogP) is 2.10. The van der Waals surface area contributed by atoms with E-state index in [0.717, 1.165) is 16.7 Å². The molecule has 38 heavy (non-hydrogen) atoms. The van der Waals surface area contributed by atoms with Crippen molar-refractivity contribution in [2.24, 2.45) is 0 Å². The lowest BCUT2D eigenvalue weighted by Crippen LogP contribution is -2.47. The van der Waals surface area contributed by atoms with Gasteiger partial charge in [-0.3, -0.25) is 9.59 Å². The van der Waals surface area contributed by atoms with Crippen LogP contribution in [0.4, 0.5) is 5.82 Å². The first kappa shape index (κ1) is 28.3. The molecule has 2 aromatic carbocycles. The SMILES string of the molecule is CCCc1cccc(Cl)c1C(=O)N[C@@H](Cc1ccc(-c2c(NC)n(NC)c(=O)n(NC)c2=O)cc1)C(=O)O. The van der Waals surface area contributed by atoms with E-state index in [9.17, 15) is 24.3 Å². The maximum absolute atomic E-state index is 13.1. The number of carbonyl (C=O) groups excluding carboxylic acids is 1. The summed E-state index contributed by atoms with van der Waals surface area (Å²) in [7, 11) is 4.60. The van der Waals surface area contributed by atoms with E-state index in [-0.39, 0.29) is 28.4 Å². The lowest BCUT2D eigenvalue weighted by Gasteiger charge is -2.19. The van der Waals surface area contributed by atoms with Gasteiger partial charge in [-0.15, -0.1) is 0 Å². The molecule has 0 aliphatic rings. The van der Waals surface area contributed by atoms with Gasteiger partial charge < -0.3 is 26.6 Å². The van der Waals surface area contributed by atoms with Crippen LogP contribution in [0, 0.1) is 0 Å². The molecule has 0 aliphatic carbocycles. The first-order valence-electron chi connectivity index (χ1n) is 12.0. The van der Waals surface area contributed by atoms with E-state index in [1.54, 1.807) is 56.6 Å². The Morgan fingerprint density at radius 2 is 1.66 bits per heavy atom. The van der Waals surface area contributed by atoms with Crippen LogP contribution in [0.2, 0.25) is 5.02 Å². The van der Waals surface area contributed by atoms with Crippen molar-refractivity contribution in [3.05, 3.63) is 85.0 Å². The summed E-state index contributed by atoms with van der Waals surface area (Å²) in [6, 6.07) is 10.6. The van der Waals surface area contributed by atoms with Gasteiger partial charge in [-0.2, -0.15) is 9.35 Å². The number of halogens is 1. The second-order valence-electron chi connectivity index (χ2n) is 8.47. The third kappa shape index (κ3) is 5.67. The van der Waals surface area contributed by atoms with Crippen molar-refractivity contribution in [3.8, 4) is 11.1 Å². The van der Waals surface area contributed by atoms with E-state index >= 15 is 0 Å². The Bertz CT molecular complexity index is 1450. The molecule has 0 unspecified atom stereocenters. The Labute approximate surface area is 224 Å². The fraction of sp³-hybridized carbons (Fsp3) is 0.308. The van der Waals surface area contributed by atoms with Crippen LogP contribution in [-0.4, -0.2) is 53.5 Å².